The van der Waals surface area contributed by atoms with Gasteiger partial charge in [0.2, 0.25) is 0 Å². The molecular formula is C21H23N3O2. The summed E-state index contributed by atoms with van der Waals surface area (Å²) in [6.45, 7) is 6.83. The SMILES string of the molecule is Cc1cc(C)c2cc(C(=O)N3CCN(c4ccccc4O)CC3)[nH]c2c1. The first-order chi connectivity index (χ1) is 12.5. The van der Waals surface area contributed by atoms with E-state index in [1.807, 2.05) is 29.2 Å². The summed E-state index contributed by atoms with van der Waals surface area (Å²) in [7, 11) is 0. The molecule has 0 aliphatic carbocycles. The van der Waals surface area contributed by atoms with Crippen LogP contribution in [-0.4, -0.2) is 47.1 Å². The van der Waals surface area contributed by atoms with Crippen LogP contribution in [0.4, 0.5) is 5.69 Å². The first kappa shape index (κ1) is 16.5. The molecule has 3 aromatic rings. The number of aromatic nitrogens is 1. The van der Waals surface area contributed by atoms with Gasteiger partial charge in [0.25, 0.3) is 5.91 Å². The smallest absolute Gasteiger partial charge is 0.270 e. The number of aromatic hydroxyl groups is 1. The van der Waals surface area contributed by atoms with Gasteiger partial charge in [0.05, 0.1) is 5.69 Å². The Balaban J connectivity index is 1.50. The first-order valence-corrected chi connectivity index (χ1v) is 8.95. The summed E-state index contributed by atoms with van der Waals surface area (Å²) in [6, 6.07) is 13.5. The van der Waals surface area contributed by atoms with Gasteiger partial charge in [-0.15, -0.1) is 0 Å². The van der Waals surface area contributed by atoms with Crippen molar-refractivity contribution in [2.24, 2.45) is 0 Å². The normalized spacial score (nSPS) is 14.8. The molecule has 2 heterocycles. The maximum atomic E-state index is 12.9. The van der Waals surface area contributed by atoms with E-state index in [-0.39, 0.29) is 11.7 Å². The lowest BCUT2D eigenvalue weighted by Crippen LogP contribution is -2.48. The Morgan fingerprint density at radius 2 is 1.77 bits per heavy atom. The fourth-order valence-corrected chi connectivity index (χ4v) is 3.77. The summed E-state index contributed by atoms with van der Waals surface area (Å²) in [5.41, 5.74) is 4.85. The van der Waals surface area contributed by atoms with Gasteiger partial charge in [-0.2, -0.15) is 0 Å². The third-order valence-corrected chi connectivity index (χ3v) is 5.11. The standard InChI is InChI=1S/C21H23N3O2/c1-14-11-15(2)16-13-18(22-17(16)12-14)21(26)24-9-7-23(8-10-24)19-5-3-4-6-20(19)25/h3-6,11-13,22,25H,7-10H2,1-2H3. The number of H-pyrrole nitrogens is 1. The summed E-state index contributed by atoms with van der Waals surface area (Å²) in [4.78, 5) is 20.2. The van der Waals surface area contributed by atoms with Crippen molar-refractivity contribution >= 4 is 22.5 Å². The van der Waals surface area contributed by atoms with E-state index in [9.17, 15) is 9.90 Å². The van der Waals surface area contributed by atoms with Crippen LogP contribution in [0.5, 0.6) is 5.75 Å². The predicted octanol–water partition coefficient (Wildman–Crippen LogP) is 3.45. The molecule has 2 N–H and O–H groups in total. The number of aryl methyl sites for hydroxylation is 2. The van der Waals surface area contributed by atoms with E-state index in [0.717, 1.165) is 16.6 Å². The van der Waals surface area contributed by atoms with E-state index >= 15 is 0 Å². The number of phenols is 1. The Labute approximate surface area is 152 Å². The van der Waals surface area contributed by atoms with E-state index in [1.54, 1.807) is 6.07 Å². The molecule has 0 saturated carbocycles. The Bertz CT molecular complexity index is 969. The van der Waals surface area contributed by atoms with Crippen LogP contribution in [0.25, 0.3) is 10.9 Å². The maximum Gasteiger partial charge on any atom is 0.270 e. The lowest BCUT2D eigenvalue weighted by atomic mass is 10.1. The van der Waals surface area contributed by atoms with Crippen molar-refractivity contribution < 1.29 is 9.90 Å². The fraction of sp³-hybridized carbons (Fsp3) is 0.286. The number of benzene rings is 2. The quantitative estimate of drug-likeness (QED) is 0.745. The van der Waals surface area contributed by atoms with Crippen molar-refractivity contribution in [2.75, 3.05) is 31.1 Å². The van der Waals surface area contributed by atoms with Gasteiger partial charge in [0, 0.05) is 37.1 Å². The van der Waals surface area contributed by atoms with Crippen LogP contribution >= 0.6 is 0 Å². The fourth-order valence-electron chi connectivity index (χ4n) is 3.77. The van der Waals surface area contributed by atoms with E-state index in [4.69, 9.17) is 0 Å². The van der Waals surface area contributed by atoms with Gasteiger partial charge >= 0.3 is 0 Å². The van der Waals surface area contributed by atoms with E-state index < -0.39 is 0 Å². The van der Waals surface area contributed by atoms with Crippen LogP contribution in [-0.2, 0) is 0 Å². The minimum atomic E-state index is 0.0372. The zero-order chi connectivity index (χ0) is 18.3. The zero-order valence-corrected chi connectivity index (χ0v) is 15.1. The number of hydrogen-bond donors (Lipinski definition) is 2. The Hall–Kier alpha value is -2.95. The molecule has 0 atom stereocenters. The Kier molecular flexibility index (Phi) is 4.07. The molecule has 1 amide bonds. The number of hydrogen-bond acceptors (Lipinski definition) is 3. The number of piperazine rings is 1. The molecule has 1 aliphatic heterocycles. The first-order valence-electron chi connectivity index (χ1n) is 8.95. The van der Waals surface area contributed by atoms with Gasteiger partial charge in [-0.25, -0.2) is 0 Å². The van der Waals surface area contributed by atoms with Crippen LogP contribution in [0.15, 0.2) is 42.5 Å². The molecular weight excluding hydrogens is 326 g/mol. The van der Waals surface area contributed by atoms with Gasteiger partial charge < -0.3 is 19.9 Å². The summed E-state index contributed by atoms with van der Waals surface area (Å²) >= 11 is 0. The summed E-state index contributed by atoms with van der Waals surface area (Å²) in [6.07, 6.45) is 0. The van der Waals surface area contributed by atoms with Gasteiger partial charge in [0.1, 0.15) is 11.4 Å². The summed E-state index contributed by atoms with van der Waals surface area (Å²) in [5.74, 6) is 0.323. The zero-order valence-electron chi connectivity index (χ0n) is 15.1. The third-order valence-electron chi connectivity index (χ3n) is 5.11. The van der Waals surface area contributed by atoms with E-state index in [0.29, 0.717) is 31.9 Å². The molecule has 1 aliphatic rings. The number of carbonyl (C=O) groups is 1. The van der Waals surface area contributed by atoms with Gasteiger partial charge in [-0.3, -0.25) is 4.79 Å². The van der Waals surface area contributed by atoms with Crippen molar-refractivity contribution in [3.63, 3.8) is 0 Å². The molecule has 1 saturated heterocycles. The molecule has 1 aromatic heterocycles. The molecule has 134 valence electrons. The lowest BCUT2D eigenvalue weighted by Gasteiger charge is -2.36. The molecule has 0 spiro atoms. The summed E-state index contributed by atoms with van der Waals surface area (Å²) in [5, 5.41) is 11.1. The summed E-state index contributed by atoms with van der Waals surface area (Å²) < 4.78 is 0. The van der Waals surface area contributed by atoms with Crippen molar-refractivity contribution in [3.8, 4) is 5.75 Å². The minimum Gasteiger partial charge on any atom is -0.506 e. The third kappa shape index (κ3) is 2.90. The van der Waals surface area contributed by atoms with Crippen molar-refractivity contribution in [1.82, 2.24) is 9.88 Å². The van der Waals surface area contributed by atoms with Crippen LogP contribution < -0.4 is 4.90 Å². The van der Waals surface area contributed by atoms with Gasteiger partial charge in [-0.05, 0) is 49.2 Å². The second-order valence-corrected chi connectivity index (χ2v) is 6.99. The number of nitrogens with one attached hydrogen (secondary N) is 1. The van der Waals surface area contributed by atoms with Gasteiger partial charge in [-0.1, -0.05) is 18.2 Å². The van der Waals surface area contributed by atoms with Crippen molar-refractivity contribution in [3.05, 3.63) is 59.3 Å². The lowest BCUT2D eigenvalue weighted by molar-refractivity contribution is 0.0742. The average molecular weight is 349 g/mol. The van der Waals surface area contributed by atoms with Crippen LogP contribution in [0.3, 0.4) is 0 Å². The Morgan fingerprint density at radius 3 is 2.50 bits per heavy atom. The number of carbonyl (C=O) groups excluding carboxylic acids is 1. The number of phenolic OH excluding ortho intramolecular Hbond substituents is 1. The topological polar surface area (TPSA) is 59.6 Å². The second-order valence-electron chi connectivity index (χ2n) is 6.99. The molecule has 5 nitrogen and oxygen atoms in total. The number of fused-ring (bicyclic) bond motifs is 1. The highest BCUT2D eigenvalue weighted by molar-refractivity contribution is 5.99. The number of rotatable bonds is 2. The van der Waals surface area contributed by atoms with Crippen molar-refractivity contribution in [2.45, 2.75) is 13.8 Å². The number of anilines is 1. The minimum absolute atomic E-state index is 0.0372. The molecule has 1 fully saturated rings. The maximum absolute atomic E-state index is 12.9. The molecule has 0 radical (unpaired) electrons. The highest BCUT2D eigenvalue weighted by atomic mass is 16.3. The number of nitrogens with zero attached hydrogens (tertiary/aromatic N) is 2. The highest BCUT2D eigenvalue weighted by Crippen LogP contribution is 2.28. The Morgan fingerprint density at radius 1 is 1.04 bits per heavy atom. The van der Waals surface area contributed by atoms with E-state index in [2.05, 4.69) is 35.9 Å². The molecule has 0 bridgehead atoms. The van der Waals surface area contributed by atoms with E-state index in [1.165, 1.54) is 11.1 Å². The monoisotopic (exact) mass is 349 g/mol. The number of aromatic amines is 1. The number of para-hydroxylation sites is 2. The highest BCUT2D eigenvalue weighted by Gasteiger charge is 2.24. The van der Waals surface area contributed by atoms with Crippen LogP contribution in [0.1, 0.15) is 21.6 Å². The second kappa shape index (κ2) is 6.41. The molecule has 0 unspecified atom stereocenters. The molecule has 4 rings (SSSR count). The molecule has 2 aromatic carbocycles. The number of amides is 1. The van der Waals surface area contributed by atoms with Crippen LogP contribution in [0, 0.1) is 13.8 Å². The van der Waals surface area contributed by atoms with Crippen LogP contribution in [0.2, 0.25) is 0 Å². The largest absolute Gasteiger partial charge is 0.506 e. The average Bonchev–Trinajstić information content (AvgIpc) is 3.06. The predicted molar refractivity (Wildman–Crippen MR) is 104 cm³/mol. The molecule has 5 heteroatoms. The molecule has 26 heavy (non-hydrogen) atoms. The van der Waals surface area contributed by atoms with Gasteiger partial charge in [0.15, 0.2) is 0 Å². The van der Waals surface area contributed by atoms with Crippen molar-refractivity contribution in [1.29, 1.82) is 0 Å².